The Labute approximate surface area is 191 Å². The molecular weight excluding hydrogens is 461 g/mol. The summed E-state index contributed by atoms with van der Waals surface area (Å²) < 4.78 is 5.27. The predicted octanol–water partition coefficient (Wildman–Crippen LogP) is 7.39. The highest BCUT2D eigenvalue weighted by Gasteiger charge is 2.12. The summed E-state index contributed by atoms with van der Waals surface area (Å²) in [7, 11) is 1.60. The molecule has 0 saturated heterocycles. The van der Waals surface area contributed by atoms with E-state index in [4.69, 9.17) is 39.5 Å². The van der Waals surface area contributed by atoms with Crippen molar-refractivity contribution in [3.05, 3.63) is 73.6 Å². The molecule has 0 amide bonds. The second-order valence-electron chi connectivity index (χ2n) is 6.26. The Balaban J connectivity index is 1.74. The third-order valence-electron chi connectivity index (χ3n) is 4.37. The maximum Gasteiger partial charge on any atom is 0.137 e. The monoisotopic (exact) mass is 471 g/mol. The summed E-state index contributed by atoms with van der Waals surface area (Å²) >= 11 is 19.8. The minimum atomic E-state index is 0.307. The predicted molar refractivity (Wildman–Crippen MR) is 124 cm³/mol. The molecule has 2 aromatic heterocycles. The highest BCUT2D eigenvalue weighted by atomic mass is 35.5. The van der Waals surface area contributed by atoms with Crippen molar-refractivity contribution < 1.29 is 4.74 Å². The molecule has 4 rings (SSSR count). The molecule has 0 atom stereocenters. The van der Waals surface area contributed by atoms with Crippen molar-refractivity contribution in [1.29, 1.82) is 5.26 Å². The summed E-state index contributed by atoms with van der Waals surface area (Å²) in [5.74, 6) is 0.716. The molecular formula is C22H12Cl3N3OS. The Kier molecular flexibility index (Phi) is 5.94. The Bertz CT molecular complexity index is 1340. The van der Waals surface area contributed by atoms with E-state index in [1.807, 2.05) is 35.7 Å². The Morgan fingerprint density at radius 1 is 1.07 bits per heavy atom. The molecule has 0 aliphatic rings. The highest BCUT2D eigenvalue weighted by molar-refractivity contribution is 7.11. The molecule has 0 saturated carbocycles. The number of halogens is 3. The summed E-state index contributed by atoms with van der Waals surface area (Å²) in [4.78, 5) is 8.99. The zero-order chi connectivity index (χ0) is 21.3. The van der Waals surface area contributed by atoms with Gasteiger partial charge in [0.2, 0.25) is 0 Å². The molecule has 2 heterocycles. The first-order chi connectivity index (χ1) is 14.5. The number of methoxy groups -OCH3 is 1. The number of pyridine rings is 1. The van der Waals surface area contributed by atoms with Gasteiger partial charge in [-0.05, 0) is 42.5 Å². The number of aromatic nitrogens is 2. The van der Waals surface area contributed by atoms with Gasteiger partial charge in [-0.25, -0.2) is 9.97 Å². The summed E-state index contributed by atoms with van der Waals surface area (Å²) in [6.07, 6.45) is 1.69. The number of rotatable bonds is 4. The van der Waals surface area contributed by atoms with Gasteiger partial charge in [-0.2, -0.15) is 5.26 Å². The molecule has 0 N–H and O–H groups in total. The normalized spacial score (nSPS) is 11.5. The number of thiazole rings is 1. The van der Waals surface area contributed by atoms with E-state index in [1.165, 1.54) is 11.3 Å². The first-order valence-electron chi connectivity index (χ1n) is 8.66. The lowest BCUT2D eigenvalue weighted by Gasteiger charge is -2.05. The zero-order valence-electron chi connectivity index (χ0n) is 15.5. The lowest BCUT2D eigenvalue weighted by Crippen LogP contribution is -1.89. The van der Waals surface area contributed by atoms with E-state index < -0.39 is 0 Å². The van der Waals surface area contributed by atoms with Crippen molar-refractivity contribution in [2.75, 3.05) is 7.11 Å². The highest BCUT2D eigenvalue weighted by Crippen LogP contribution is 2.32. The first-order valence-corrected chi connectivity index (χ1v) is 10.7. The fraction of sp³-hybridized carbons (Fsp3) is 0.0455. The SMILES string of the molecule is COc1ccc2nc(Cl)c(C=C(C#N)c3nc(-c4ccc(Cl)c(Cl)c4)cs3)cc2c1. The Hall–Kier alpha value is -2.62. The largest absolute Gasteiger partial charge is 0.497 e. The number of nitriles is 1. The fourth-order valence-corrected chi connectivity index (χ4v) is 4.15. The van der Waals surface area contributed by atoms with Gasteiger partial charge in [0.05, 0.1) is 33.9 Å². The summed E-state index contributed by atoms with van der Waals surface area (Å²) in [5, 5.41) is 14.2. The lowest BCUT2D eigenvalue weighted by atomic mass is 10.1. The van der Waals surface area contributed by atoms with E-state index >= 15 is 0 Å². The summed E-state index contributed by atoms with van der Waals surface area (Å²) in [5.41, 5.74) is 3.29. The van der Waals surface area contributed by atoms with Crippen molar-refractivity contribution in [1.82, 2.24) is 9.97 Å². The molecule has 0 bridgehead atoms. The molecule has 148 valence electrons. The number of fused-ring (bicyclic) bond motifs is 1. The van der Waals surface area contributed by atoms with Gasteiger partial charge in [-0.15, -0.1) is 11.3 Å². The molecule has 4 aromatic rings. The second-order valence-corrected chi connectivity index (χ2v) is 8.29. The van der Waals surface area contributed by atoms with Gasteiger partial charge in [-0.1, -0.05) is 40.9 Å². The van der Waals surface area contributed by atoms with Crippen LogP contribution in [0.3, 0.4) is 0 Å². The minimum Gasteiger partial charge on any atom is -0.497 e. The van der Waals surface area contributed by atoms with Crippen molar-refractivity contribution in [3.8, 4) is 23.1 Å². The van der Waals surface area contributed by atoms with Gasteiger partial charge >= 0.3 is 0 Å². The van der Waals surface area contributed by atoms with Crippen LogP contribution in [0.1, 0.15) is 10.6 Å². The number of allylic oxidation sites excluding steroid dienone is 1. The van der Waals surface area contributed by atoms with Gasteiger partial charge in [0.25, 0.3) is 0 Å². The van der Waals surface area contributed by atoms with Crippen LogP contribution in [-0.4, -0.2) is 17.1 Å². The van der Waals surface area contributed by atoms with Gasteiger partial charge in [-0.3, -0.25) is 0 Å². The van der Waals surface area contributed by atoms with Crippen LogP contribution in [0.4, 0.5) is 0 Å². The van der Waals surface area contributed by atoms with E-state index in [2.05, 4.69) is 16.0 Å². The van der Waals surface area contributed by atoms with Crippen LogP contribution in [0.5, 0.6) is 5.75 Å². The van der Waals surface area contributed by atoms with E-state index in [9.17, 15) is 5.26 Å². The minimum absolute atomic E-state index is 0.307. The van der Waals surface area contributed by atoms with Crippen molar-refractivity contribution in [3.63, 3.8) is 0 Å². The quantitative estimate of drug-likeness (QED) is 0.229. The maximum atomic E-state index is 9.71. The number of benzene rings is 2. The zero-order valence-corrected chi connectivity index (χ0v) is 18.6. The van der Waals surface area contributed by atoms with Crippen molar-refractivity contribution >= 4 is 68.7 Å². The topological polar surface area (TPSA) is 58.8 Å². The fourth-order valence-electron chi connectivity index (χ4n) is 2.86. The number of hydrogen-bond acceptors (Lipinski definition) is 5. The summed E-state index contributed by atoms with van der Waals surface area (Å²) in [6.45, 7) is 0. The molecule has 30 heavy (non-hydrogen) atoms. The first kappa shape index (κ1) is 20.6. The molecule has 0 unspecified atom stereocenters. The Morgan fingerprint density at radius 3 is 2.63 bits per heavy atom. The molecule has 0 radical (unpaired) electrons. The summed E-state index contributed by atoms with van der Waals surface area (Å²) in [6, 6.07) is 14.9. The molecule has 0 aliphatic heterocycles. The van der Waals surface area contributed by atoms with Crippen molar-refractivity contribution in [2.45, 2.75) is 0 Å². The third kappa shape index (κ3) is 4.14. The van der Waals surface area contributed by atoms with Crippen molar-refractivity contribution in [2.24, 2.45) is 0 Å². The molecule has 0 spiro atoms. The molecule has 4 nitrogen and oxygen atoms in total. The van der Waals surface area contributed by atoms with E-state index in [-0.39, 0.29) is 0 Å². The Morgan fingerprint density at radius 2 is 1.90 bits per heavy atom. The number of nitrogens with zero attached hydrogens (tertiary/aromatic N) is 3. The van der Waals surface area contributed by atoms with Gasteiger partial charge < -0.3 is 4.74 Å². The second kappa shape index (κ2) is 8.63. The van der Waals surface area contributed by atoms with E-state index in [0.29, 0.717) is 42.8 Å². The van der Waals surface area contributed by atoms with E-state index in [0.717, 1.165) is 16.5 Å². The molecule has 0 fully saturated rings. The smallest absolute Gasteiger partial charge is 0.137 e. The molecule has 0 aliphatic carbocycles. The average Bonchev–Trinajstić information content (AvgIpc) is 3.24. The van der Waals surface area contributed by atoms with Crippen LogP contribution in [0, 0.1) is 11.3 Å². The van der Waals surface area contributed by atoms with E-state index in [1.54, 1.807) is 25.3 Å². The van der Waals surface area contributed by atoms with Crippen LogP contribution in [0.25, 0.3) is 33.8 Å². The third-order valence-corrected chi connectivity index (χ3v) is 6.29. The average molecular weight is 473 g/mol. The maximum absolute atomic E-state index is 9.71. The number of hydrogen-bond donors (Lipinski definition) is 0. The van der Waals surface area contributed by atoms with Crippen LogP contribution < -0.4 is 4.74 Å². The molecule has 8 heteroatoms. The molecule has 2 aromatic carbocycles. The van der Waals surface area contributed by atoms with Gasteiger partial charge in [0.1, 0.15) is 22.0 Å². The number of ether oxygens (including phenoxy) is 1. The standard InChI is InChI=1S/C22H12Cl3N3OS/c1-29-16-3-5-19-13(8-16)6-14(21(25)27-19)7-15(10-26)22-28-20(11-30-22)12-2-4-17(23)18(24)9-12/h2-9,11H,1H3. The lowest BCUT2D eigenvalue weighted by molar-refractivity contribution is 0.415. The van der Waals surface area contributed by atoms with Gasteiger partial charge in [0, 0.05) is 21.9 Å². The van der Waals surface area contributed by atoms with Crippen LogP contribution in [0.2, 0.25) is 15.2 Å². The van der Waals surface area contributed by atoms with Crippen LogP contribution in [0.15, 0.2) is 47.8 Å². The van der Waals surface area contributed by atoms with Crippen LogP contribution in [-0.2, 0) is 0 Å². The van der Waals surface area contributed by atoms with Crippen LogP contribution >= 0.6 is 46.1 Å². The van der Waals surface area contributed by atoms with Gasteiger partial charge in [0.15, 0.2) is 0 Å².